The van der Waals surface area contributed by atoms with Gasteiger partial charge in [0.2, 0.25) is 0 Å². The molecule has 1 aromatic heterocycles. The lowest BCUT2D eigenvalue weighted by molar-refractivity contribution is -0.133. The molecule has 4 nitrogen and oxygen atoms in total. The molecule has 0 saturated carbocycles. The maximum Gasteiger partial charge on any atom is 0.314 e. The molecule has 0 unspecified atom stereocenters. The van der Waals surface area contributed by atoms with E-state index >= 15 is 0 Å². The summed E-state index contributed by atoms with van der Waals surface area (Å²) in [5, 5.41) is 7.71. The first-order chi connectivity index (χ1) is 4.77. The van der Waals surface area contributed by atoms with Crippen LogP contribution in [0.5, 0.6) is 0 Å². The number of alkyl halides is 1. The van der Waals surface area contributed by atoms with Crippen molar-refractivity contribution in [2.75, 3.05) is 5.33 Å². The zero-order valence-corrected chi connectivity index (χ0v) is 6.71. The first-order valence-corrected chi connectivity index (χ1v) is 3.60. The summed E-state index contributed by atoms with van der Waals surface area (Å²) in [5.74, 6) is -0.829. The fourth-order valence-electron chi connectivity index (χ4n) is 0.215. The van der Waals surface area contributed by atoms with Crippen LogP contribution in [0.1, 0.15) is 0 Å². The Hall–Kier alpha value is -0.840. The smallest absolute Gasteiger partial charge is 0.314 e. The summed E-state index contributed by atoms with van der Waals surface area (Å²) in [6.07, 6.45) is 5.08. The normalized spacial score (nSPS) is 7.70. The number of carbonyl (C=O) groups is 1. The van der Waals surface area contributed by atoms with Crippen molar-refractivity contribution in [1.82, 2.24) is 9.97 Å². The van der Waals surface area contributed by atoms with Gasteiger partial charge in [0.25, 0.3) is 0 Å². The van der Waals surface area contributed by atoms with Gasteiger partial charge in [0.05, 0.1) is 6.33 Å². The van der Waals surface area contributed by atoms with Gasteiger partial charge in [-0.05, 0) is 0 Å². The van der Waals surface area contributed by atoms with Crippen LogP contribution in [0.3, 0.4) is 0 Å². The summed E-state index contributed by atoms with van der Waals surface area (Å²) in [5.41, 5.74) is 0. The Balaban J connectivity index is 0.000000162. The second-order valence-corrected chi connectivity index (χ2v) is 1.85. The second-order valence-electron chi connectivity index (χ2n) is 1.29. The molecule has 5 heteroatoms. The number of hydrogen-bond donors (Lipinski definition) is 2. The first kappa shape index (κ1) is 9.16. The van der Waals surface area contributed by atoms with Gasteiger partial charge in [0.1, 0.15) is 5.33 Å². The third kappa shape index (κ3) is 7.16. The van der Waals surface area contributed by atoms with E-state index in [4.69, 9.17) is 5.11 Å². The van der Waals surface area contributed by atoms with Crippen LogP contribution in [-0.2, 0) is 4.79 Å². The van der Waals surface area contributed by atoms with E-state index in [9.17, 15) is 4.79 Å². The van der Waals surface area contributed by atoms with Gasteiger partial charge < -0.3 is 10.1 Å². The van der Waals surface area contributed by atoms with E-state index in [1.165, 1.54) is 0 Å². The standard InChI is InChI=1S/C3H4N2.C2H3BrO2/c1-2-5-3-4-1;3-1-2(4)5/h1-3H,(H,4,5);1H2,(H,4,5). The number of nitrogens with one attached hydrogen (secondary N) is 1. The molecular weight excluding hydrogens is 200 g/mol. The molecule has 0 aromatic carbocycles. The number of halogens is 1. The number of imidazole rings is 1. The largest absolute Gasteiger partial charge is 0.481 e. The molecule has 0 saturated heterocycles. The summed E-state index contributed by atoms with van der Waals surface area (Å²) < 4.78 is 0. The van der Waals surface area contributed by atoms with Crippen LogP contribution in [0.25, 0.3) is 0 Å². The fraction of sp³-hybridized carbons (Fsp3) is 0.200. The van der Waals surface area contributed by atoms with Crippen LogP contribution in [0.4, 0.5) is 0 Å². The van der Waals surface area contributed by atoms with Crippen molar-refractivity contribution < 1.29 is 9.90 Å². The first-order valence-electron chi connectivity index (χ1n) is 2.48. The summed E-state index contributed by atoms with van der Waals surface area (Å²) >= 11 is 2.71. The van der Waals surface area contributed by atoms with Crippen molar-refractivity contribution in [1.29, 1.82) is 0 Å². The maximum atomic E-state index is 9.32. The minimum absolute atomic E-state index is 0.0347. The molecule has 0 aliphatic heterocycles. The van der Waals surface area contributed by atoms with E-state index in [1.807, 2.05) is 0 Å². The van der Waals surface area contributed by atoms with Gasteiger partial charge in [0.15, 0.2) is 0 Å². The van der Waals surface area contributed by atoms with Crippen LogP contribution in [0, 0.1) is 0 Å². The lowest BCUT2D eigenvalue weighted by Gasteiger charge is -1.70. The quantitative estimate of drug-likeness (QED) is 0.671. The number of aromatic nitrogens is 2. The monoisotopic (exact) mass is 206 g/mol. The number of carboxylic acids is 1. The molecule has 0 bridgehead atoms. The molecular formula is C5H7BrN2O2. The Bertz CT molecular complexity index is 147. The number of carboxylic acid groups (broad SMARTS) is 1. The molecule has 0 fully saturated rings. The highest BCUT2D eigenvalue weighted by molar-refractivity contribution is 9.09. The molecule has 10 heavy (non-hydrogen) atoms. The zero-order valence-electron chi connectivity index (χ0n) is 5.12. The molecule has 2 N–H and O–H groups in total. The lowest BCUT2D eigenvalue weighted by atomic mass is 10.8. The number of rotatable bonds is 1. The van der Waals surface area contributed by atoms with E-state index in [0.29, 0.717) is 0 Å². The molecule has 0 radical (unpaired) electrons. The van der Waals surface area contributed by atoms with Crippen molar-refractivity contribution >= 4 is 21.9 Å². The molecule has 0 spiro atoms. The Kier molecular flexibility index (Phi) is 5.75. The number of hydrogen-bond acceptors (Lipinski definition) is 2. The maximum absolute atomic E-state index is 9.32. The molecule has 0 atom stereocenters. The van der Waals surface area contributed by atoms with Crippen molar-refractivity contribution in [3.8, 4) is 0 Å². The van der Waals surface area contributed by atoms with Gasteiger partial charge in [-0.1, -0.05) is 15.9 Å². The third-order valence-electron chi connectivity index (χ3n) is 0.520. The number of H-pyrrole nitrogens is 1. The topological polar surface area (TPSA) is 66.0 Å². The fourth-order valence-corrected chi connectivity index (χ4v) is 0.215. The van der Waals surface area contributed by atoms with E-state index in [-0.39, 0.29) is 5.33 Å². The van der Waals surface area contributed by atoms with Crippen molar-refractivity contribution in [2.24, 2.45) is 0 Å². The molecule has 56 valence electrons. The Morgan fingerprint density at radius 3 is 2.50 bits per heavy atom. The SMILES string of the molecule is O=C(O)CBr.c1c[nH]cn1. The van der Waals surface area contributed by atoms with Crippen LogP contribution >= 0.6 is 15.9 Å². The Morgan fingerprint density at radius 1 is 1.80 bits per heavy atom. The average Bonchev–Trinajstić information content (AvgIpc) is 2.43. The van der Waals surface area contributed by atoms with Gasteiger partial charge in [-0.25, -0.2) is 4.98 Å². The van der Waals surface area contributed by atoms with Gasteiger partial charge in [0, 0.05) is 12.4 Å². The minimum atomic E-state index is -0.829. The molecule has 0 amide bonds. The number of aromatic amines is 1. The van der Waals surface area contributed by atoms with Gasteiger partial charge in [-0.15, -0.1) is 0 Å². The van der Waals surface area contributed by atoms with Crippen LogP contribution in [-0.4, -0.2) is 26.4 Å². The minimum Gasteiger partial charge on any atom is -0.481 e. The van der Waals surface area contributed by atoms with Crippen LogP contribution < -0.4 is 0 Å². The highest BCUT2D eigenvalue weighted by atomic mass is 79.9. The summed E-state index contributed by atoms with van der Waals surface area (Å²) in [7, 11) is 0. The second kappa shape index (κ2) is 6.28. The van der Waals surface area contributed by atoms with Crippen LogP contribution in [0.2, 0.25) is 0 Å². The highest BCUT2D eigenvalue weighted by Gasteiger charge is 1.83. The van der Waals surface area contributed by atoms with E-state index in [1.54, 1.807) is 18.7 Å². The average molecular weight is 207 g/mol. The van der Waals surface area contributed by atoms with Gasteiger partial charge in [-0.2, -0.15) is 0 Å². The van der Waals surface area contributed by atoms with Crippen molar-refractivity contribution in [3.63, 3.8) is 0 Å². The third-order valence-corrected chi connectivity index (χ3v) is 1.000. The Morgan fingerprint density at radius 2 is 2.40 bits per heavy atom. The lowest BCUT2D eigenvalue weighted by Crippen LogP contribution is -1.92. The predicted molar refractivity (Wildman–Crippen MR) is 40.0 cm³/mol. The van der Waals surface area contributed by atoms with Crippen molar-refractivity contribution in [2.45, 2.75) is 0 Å². The number of aliphatic carboxylic acids is 1. The molecule has 0 aliphatic carbocycles. The summed E-state index contributed by atoms with van der Waals surface area (Å²) in [4.78, 5) is 15.7. The van der Waals surface area contributed by atoms with Gasteiger partial charge in [-0.3, -0.25) is 4.79 Å². The Labute approximate surface area is 66.4 Å². The van der Waals surface area contributed by atoms with Crippen molar-refractivity contribution in [3.05, 3.63) is 18.7 Å². The summed E-state index contributed by atoms with van der Waals surface area (Å²) in [6.45, 7) is 0. The summed E-state index contributed by atoms with van der Waals surface area (Å²) in [6, 6.07) is 0. The zero-order chi connectivity index (χ0) is 7.82. The van der Waals surface area contributed by atoms with Crippen LogP contribution in [0.15, 0.2) is 18.7 Å². The van der Waals surface area contributed by atoms with E-state index in [2.05, 4.69) is 25.9 Å². The van der Waals surface area contributed by atoms with E-state index < -0.39 is 5.97 Å². The van der Waals surface area contributed by atoms with Gasteiger partial charge >= 0.3 is 5.97 Å². The predicted octanol–water partition coefficient (Wildman–Crippen LogP) is 0.876. The van der Waals surface area contributed by atoms with E-state index in [0.717, 1.165) is 0 Å². The molecule has 0 aliphatic rings. The molecule has 1 aromatic rings. The number of nitrogens with zero attached hydrogens (tertiary/aromatic N) is 1. The molecule has 1 heterocycles. The highest BCUT2D eigenvalue weighted by Crippen LogP contribution is 1.73. The molecule has 1 rings (SSSR count).